The number of aromatic amines is 1. The topological polar surface area (TPSA) is 128 Å². The maximum absolute atomic E-state index is 12.8. The van der Waals surface area contributed by atoms with E-state index in [1.165, 1.54) is 19.1 Å². The number of H-pyrrole nitrogens is 1. The van der Waals surface area contributed by atoms with Gasteiger partial charge in [0.05, 0.1) is 10.5 Å². The van der Waals surface area contributed by atoms with Crippen LogP contribution in [0.3, 0.4) is 0 Å². The fraction of sp³-hybridized carbons (Fsp3) is 0.158. The lowest BCUT2D eigenvalue weighted by molar-refractivity contribution is -0.384. The van der Waals surface area contributed by atoms with Crippen molar-refractivity contribution in [1.82, 2.24) is 4.98 Å². The quantitative estimate of drug-likeness (QED) is 0.234. The van der Waals surface area contributed by atoms with Crippen LogP contribution in [0, 0.1) is 17.0 Å². The SMILES string of the molecule is Cc1[nH]c2ccccc2c1C(=O)[C@@H](C)OC(=O)c1cc([N+](=O)[O-])ccc1N. The average molecular weight is 367 g/mol. The number of esters is 1. The molecule has 0 saturated heterocycles. The summed E-state index contributed by atoms with van der Waals surface area (Å²) in [6.07, 6.45) is -1.09. The molecular weight excluding hydrogens is 350 g/mol. The highest BCUT2D eigenvalue weighted by Crippen LogP contribution is 2.25. The van der Waals surface area contributed by atoms with Crippen molar-refractivity contribution in [2.24, 2.45) is 0 Å². The van der Waals surface area contributed by atoms with Gasteiger partial charge in [0.2, 0.25) is 5.78 Å². The Morgan fingerprint density at radius 2 is 1.93 bits per heavy atom. The van der Waals surface area contributed by atoms with E-state index in [0.717, 1.165) is 17.0 Å². The van der Waals surface area contributed by atoms with E-state index < -0.39 is 17.0 Å². The molecule has 1 atom stereocenters. The fourth-order valence-electron chi connectivity index (χ4n) is 2.91. The molecule has 0 radical (unpaired) electrons. The number of fused-ring (bicyclic) bond motifs is 1. The van der Waals surface area contributed by atoms with Gasteiger partial charge in [-0.3, -0.25) is 14.9 Å². The van der Waals surface area contributed by atoms with E-state index in [2.05, 4.69) is 4.98 Å². The number of hydrogen-bond donors (Lipinski definition) is 2. The lowest BCUT2D eigenvalue weighted by Crippen LogP contribution is -2.25. The normalized spacial score (nSPS) is 11.9. The van der Waals surface area contributed by atoms with Gasteiger partial charge in [-0.05, 0) is 26.0 Å². The number of nitro benzene ring substituents is 1. The van der Waals surface area contributed by atoms with Gasteiger partial charge in [0, 0.05) is 40.0 Å². The predicted octanol–water partition coefficient (Wildman–Crippen LogP) is 3.39. The van der Waals surface area contributed by atoms with Crippen molar-refractivity contribution in [3.05, 3.63) is 69.4 Å². The number of aromatic nitrogens is 1. The summed E-state index contributed by atoms with van der Waals surface area (Å²) in [7, 11) is 0. The van der Waals surface area contributed by atoms with E-state index in [1.54, 1.807) is 13.0 Å². The summed E-state index contributed by atoms with van der Waals surface area (Å²) in [4.78, 5) is 38.6. The van der Waals surface area contributed by atoms with E-state index in [0.29, 0.717) is 11.3 Å². The highest BCUT2D eigenvalue weighted by molar-refractivity contribution is 6.12. The fourth-order valence-corrected chi connectivity index (χ4v) is 2.91. The molecule has 0 aliphatic rings. The molecule has 0 amide bonds. The number of nitro groups is 1. The van der Waals surface area contributed by atoms with Crippen LogP contribution >= 0.6 is 0 Å². The van der Waals surface area contributed by atoms with Gasteiger partial charge in [-0.15, -0.1) is 0 Å². The molecule has 0 aliphatic heterocycles. The minimum absolute atomic E-state index is 0.0357. The molecule has 3 N–H and O–H groups in total. The third-order valence-corrected chi connectivity index (χ3v) is 4.26. The number of aryl methyl sites for hydroxylation is 1. The van der Waals surface area contributed by atoms with Crippen molar-refractivity contribution in [3.63, 3.8) is 0 Å². The van der Waals surface area contributed by atoms with Gasteiger partial charge in [-0.25, -0.2) is 4.79 Å². The largest absolute Gasteiger partial charge is 0.451 e. The number of carbonyl (C=O) groups excluding carboxylic acids is 2. The maximum Gasteiger partial charge on any atom is 0.341 e. The van der Waals surface area contributed by atoms with Crippen LogP contribution in [0.5, 0.6) is 0 Å². The smallest absolute Gasteiger partial charge is 0.341 e. The number of anilines is 1. The monoisotopic (exact) mass is 367 g/mol. The van der Waals surface area contributed by atoms with E-state index in [9.17, 15) is 19.7 Å². The van der Waals surface area contributed by atoms with E-state index in [-0.39, 0.29) is 22.7 Å². The zero-order valence-corrected chi connectivity index (χ0v) is 14.7. The Hall–Kier alpha value is -3.68. The summed E-state index contributed by atoms with van der Waals surface area (Å²) in [5, 5.41) is 11.6. The molecule has 0 unspecified atom stereocenters. The first kappa shape index (κ1) is 18.1. The first-order valence-electron chi connectivity index (χ1n) is 8.16. The number of rotatable bonds is 5. The molecule has 0 fully saturated rings. The number of ketones is 1. The van der Waals surface area contributed by atoms with Crippen molar-refractivity contribution < 1.29 is 19.2 Å². The number of nitrogens with one attached hydrogen (secondary N) is 1. The summed E-state index contributed by atoms with van der Waals surface area (Å²) < 4.78 is 5.24. The summed E-state index contributed by atoms with van der Waals surface area (Å²) in [6.45, 7) is 3.22. The van der Waals surface area contributed by atoms with Crippen molar-refractivity contribution in [3.8, 4) is 0 Å². The molecule has 8 heteroatoms. The van der Waals surface area contributed by atoms with Crippen molar-refractivity contribution in [2.45, 2.75) is 20.0 Å². The predicted molar refractivity (Wildman–Crippen MR) is 99.8 cm³/mol. The van der Waals surface area contributed by atoms with Crippen LogP contribution in [0.1, 0.15) is 33.3 Å². The standard InChI is InChI=1S/C19H17N3O5/c1-10-17(13-5-3-4-6-16(13)21-10)18(23)11(2)27-19(24)14-9-12(22(25)26)7-8-15(14)20/h3-9,11,21H,20H2,1-2H3/t11-/m1/s1. The molecular formula is C19H17N3O5. The molecule has 0 spiro atoms. The number of nitrogen functional groups attached to an aromatic ring is 1. The summed E-state index contributed by atoms with van der Waals surface area (Å²) in [5.74, 6) is -1.27. The Bertz CT molecular complexity index is 1070. The molecule has 2 aromatic carbocycles. The highest BCUT2D eigenvalue weighted by Gasteiger charge is 2.26. The number of nitrogens with two attached hydrogens (primary N) is 1. The Kier molecular flexibility index (Phi) is 4.64. The van der Waals surface area contributed by atoms with Crippen LogP contribution in [0.2, 0.25) is 0 Å². The lowest BCUT2D eigenvalue weighted by Gasteiger charge is -2.13. The Morgan fingerprint density at radius 3 is 2.63 bits per heavy atom. The van der Waals surface area contributed by atoms with Crippen LogP contribution in [0.25, 0.3) is 10.9 Å². The molecule has 27 heavy (non-hydrogen) atoms. The second kappa shape index (κ2) is 6.91. The zero-order valence-electron chi connectivity index (χ0n) is 14.7. The summed E-state index contributed by atoms with van der Waals surface area (Å²) in [5.41, 5.74) is 7.23. The number of nitrogens with zero attached hydrogens (tertiary/aromatic N) is 1. The minimum Gasteiger partial charge on any atom is -0.451 e. The molecule has 1 heterocycles. The maximum atomic E-state index is 12.8. The molecule has 138 valence electrons. The van der Waals surface area contributed by atoms with Gasteiger partial charge in [0.15, 0.2) is 6.10 Å². The molecule has 3 aromatic rings. The number of benzene rings is 2. The van der Waals surface area contributed by atoms with Crippen molar-refractivity contribution in [2.75, 3.05) is 5.73 Å². The van der Waals surface area contributed by atoms with Gasteiger partial charge in [0.1, 0.15) is 0 Å². The van der Waals surface area contributed by atoms with Crippen LogP contribution in [0.4, 0.5) is 11.4 Å². The van der Waals surface area contributed by atoms with Crippen LogP contribution < -0.4 is 5.73 Å². The van der Waals surface area contributed by atoms with Gasteiger partial charge in [0.25, 0.3) is 5.69 Å². The summed E-state index contributed by atoms with van der Waals surface area (Å²) in [6, 6.07) is 10.8. The second-order valence-electron chi connectivity index (χ2n) is 6.11. The summed E-state index contributed by atoms with van der Waals surface area (Å²) >= 11 is 0. The highest BCUT2D eigenvalue weighted by atomic mass is 16.6. The van der Waals surface area contributed by atoms with Gasteiger partial charge in [-0.2, -0.15) is 0 Å². The number of ether oxygens (including phenoxy) is 1. The lowest BCUT2D eigenvalue weighted by atomic mass is 10.0. The van der Waals surface area contributed by atoms with Crippen LogP contribution in [-0.4, -0.2) is 27.8 Å². The Labute approximate surface area is 154 Å². The Morgan fingerprint density at radius 1 is 1.22 bits per heavy atom. The minimum atomic E-state index is -1.09. The van der Waals surface area contributed by atoms with Crippen LogP contribution in [0.15, 0.2) is 42.5 Å². The molecule has 8 nitrogen and oxygen atoms in total. The number of carbonyl (C=O) groups is 2. The first-order valence-corrected chi connectivity index (χ1v) is 8.16. The number of para-hydroxylation sites is 1. The van der Waals surface area contributed by atoms with Gasteiger partial charge in [-0.1, -0.05) is 18.2 Å². The number of Topliss-reactive ketones (excluding diaryl/α,β-unsaturated/α-hetero) is 1. The average Bonchev–Trinajstić information content (AvgIpc) is 2.96. The molecule has 3 rings (SSSR count). The van der Waals surface area contributed by atoms with Crippen LogP contribution in [-0.2, 0) is 4.74 Å². The van der Waals surface area contributed by atoms with Gasteiger partial charge >= 0.3 is 5.97 Å². The third kappa shape index (κ3) is 3.37. The van der Waals surface area contributed by atoms with Gasteiger partial charge < -0.3 is 15.5 Å². The molecule has 1 aromatic heterocycles. The van der Waals surface area contributed by atoms with E-state index in [1.807, 2.05) is 18.2 Å². The zero-order chi connectivity index (χ0) is 19.7. The number of hydrogen-bond acceptors (Lipinski definition) is 6. The molecule has 0 aliphatic carbocycles. The first-order chi connectivity index (χ1) is 12.8. The Balaban J connectivity index is 1.86. The van der Waals surface area contributed by atoms with Crippen molar-refractivity contribution in [1.29, 1.82) is 0 Å². The number of non-ortho nitro benzene ring substituents is 1. The van der Waals surface area contributed by atoms with E-state index in [4.69, 9.17) is 10.5 Å². The third-order valence-electron chi connectivity index (χ3n) is 4.26. The molecule has 0 bridgehead atoms. The molecule has 0 saturated carbocycles. The van der Waals surface area contributed by atoms with Crippen molar-refractivity contribution >= 4 is 34.0 Å². The van der Waals surface area contributed by atoms with E-state index >= 15 is 0 Å². The second-order valence-corrected chi connectivity index (χ2v) is 6.11.